The Hall–Kier alpha value is -4.16. The number of pyridine rings is 1. The molecule has 2 aromatic carbocycles. The smallest absolute Gasteiger partial charge is 0.257 e. The number of para-hydroxylation sites is 1. The molecular formula is C32H38N4O7S. The first kappa shape index (κ1) is 31.3. The lowest BCUT2D eigenvalue weighted by atomic mass is 9.75. The highest BCUT2D eigenvalue weighted by molar-refractivity contribution is 7.89. The molecule has 3 aromatic rings. The van der Waals surface area contributed by atoms with Gasteiger partial charge in [-0.15, -0.1) is 0 Å². The second-order valence-electron chi connectivity index (χ2n) is 11.3. The standard InChI is InChI=1S/C32H38N4O7S/c1-41-28-11-10-25(44(33,39)40)21-27(28)31(38)35-16-5-4-12-32(23-43-24-7-6-15-34-22-24)13-17-36(18-14-32)30(37)26-8-2-3-9-29(26)42-20-19-35/h2-3,6-11,15,21-22H,4-5,12-14,16-20,23H2,1H3,(H2,33,39,40). The average Bonchev–Trinajstić information content (AvgIpc) is 3.05. The maximum absolute atomic E-state index is 13.9. The van der Waals surface area contributed by atoms with Gasteiger partial charge in [-0.05, 0) is 68.1 Å². The zero-order valence-electron chi connectivity index (χ0n) is 24.8. The molecule has 3 aliphatic heterocycles. The van der Waals surface area contributed by atoms with Crippen molar-refractivity contribution in [3.63, 3.8) is 0 Å². The molecule has 4 heterocycles. The third-order valence-corrected chi connectivity index (χ3v) is 9.34. The van der Waals surface area contributed by atoms with E-state index in [1.165, 1.54) is 25.3 Å². The maximum Gasteiger partial charge on any atom is 0.257 e. The number of nitrogens with zero attached hydrogens (tertiary/aromatic N) is 3. The molecule has 0 radical (unpaired) electrons. The molecule has 12 heteroatoms. The van der Waals surface area contributed by atoms with Crippen LogP contribution in [0.2, 0.25) is 0 Å². The highest BCUT2D eigenvalue weighted by Gasteiger charge is 2.37. The van der Waals surface area contributed by atoms with E-state index in [1.54, 1.807) is 29.4 Å². The Balaban J connectivity index is 1.42. The van der Waals surface area contributed by atoms with Gasteiger partial charge in [0.05, 0.1) is 42.5 Å². The number of fused-ring (bicyclic) bond motifs is 9. The molecule has 1 saturated heterocycles. The SMILES string of the molecule is COc1ccc(S(N)(=O)=O)cc1C(=O)N1CCCCC2(COc3cccnc3)CCN(CC2)C(=O)c2ccccc2OCC1. The molecule has 0 saturated carbocycles. The van der Waals surface area contributed by atoms with E-state index in [9.17, 15) is 18.0 Å². The number of methoxy groups -OCH3 is 1. The van der Waals surface area contributed by atoms with Gasteiger partial charge in [-0.3, -0.25) is 14.6 Å². The molecule has 44 heavy (non-hydrogen) atoms. The summed E-state index contributed by atoms with van der Waals surface area (Å²) >= 11 is 0. The molecule has 6 rings (SSSR count). The van der Waals surface area contributed by atoms with Gasteiger partial charge in [0.2, 0.25) is 10.0 Å². The van der Waals surface area contributed by atoms with Crippen LogP contribution in [-0.4, -0.2) is 81.5 Å². The van der Waals surface area contributed by atoms with Crippen LogP contribution in [0.1, 0.15) is 52.8 Å². The minimum atomic E-state index is -4.04. The van der Waals surface area contributed by atoms with Crippen molar-refractivity contribution in [3.8, 4) is 17.2 Å². The molecule has 3 aliphatic rings. The number of amides is 2. The fraction of sp³-hybridized carbons (Fsp3) is 0.406. The zero-order chi connectivity index (χ0) is 31.2. The summed E-state index contributed by atoms with van der Waals surface area (Å²) in [6, 6.07) is 14.8. The van der Waals surface area contributed by atoms with E-state index in [2.05, 4.69) is 4.98 Å². The number of rotatable bonds is 6. The summed E-state index contributed by atoms with van der Waals surface area (Å²) in [5.74, 6) is 0.911. The van der Waals surface area contributed by atoms with Crippen molar-refractivity contribution in [2.24, 2.45) is 10.6 Å². The van der Waals surface area contributed by atoms with E-state index in [0.29, 0.717) is 49.7 Å². The monoisotopic (exact) mass is 622 g/mol. The lowest BCUT2D eigenvalue weighted by Gasteiger charge is -2.42. The summed E-state index contributed by atoms with van der Waals surface area (Å²) in [6.45, 7) is 2.47. The van der Waals surface area contributed by atoms with Gasteiger partial charge in [0.25, 0.3) is 11.8 Å². The number of piperidine rings is 1. The van der Waals surface area contributed by atoms with Crippen LogP contribution in [0.25, 0.3) is 0 Å². The number of carbonyl (C=O) groups is 2. The Kier molecular flexibility index (Phi) is 9.70. The molecule has 0 spiro atoms. The second-order valence-corrected chi connectivity index (χ2v) is 12.8. The van der Waals surface area contributed by atoms with E-state index in [1.807, 2.05) is 29.2 Å². The van der Waals surface area contributed by atoms with Crippen LogP contribution in [0, 0.1) is 5.41 Å². The van der Waals surface area contributed by atoms with Crippen LogP contribution < -0.4 is 19.3 Å². The molecule has 0 atom stereocenters. The normalized spacial score (nSPS) is 17.5. The second kappa shape index (κ2) is 13.6. The number of carbonyl (C=O) groups excluding carboxylic acids is 2. The van der Waals surface area contributed by atoms with Crippen LogP contribution in [0.3, 0.4) is 0 Å². The third-order valence-electron chi connectivity index (χ3n) is 8.43. The Morgan fingerprint density at radius 1 is 1.02 bits per heavy atom. The third kappa shape index (κ3) is 7.31. The molecule has 2 amide bonds. The van der Waals surface area contributed by atoms with Crippen molar-refractivity contribution in [3.05, 3.63) is 78.1 Å². The summed E-state index contributed by atoms with van der Waals surface area (Å²) < 4.78 is 41.8. The van der Waals surface area contributed by atoms with Crippen LogP contribution in [0.4, 0.5) is 0 Å². The van der Waals surface area contributed by atoms with Gasteiger partial charge in [0, 0.05) is 31.2 Å². The van der Waals surface area contributed by atoms with Gasteiger partial charge in [0.15, 0.2) is 0 Å². The number of primary sulfonamides is 1. The van der Waals surface area contributed by atoms with E-state index in [0.717, 1.165) is 25.7 Å². The number of hydrogen-bond acceptors (Lipinski definition) is 8. The van der Waals surface area contributed by atoms with E-state index < -0.39 is 15.9 Å². The first-order chi connectivity index (χ1) is 21.2. The van der Waals surface area contributed by atoms with Crippen LogP contribution >= 0.6 is 0 Å². The molecule has 1 fully saturated rings. The highest BCUT2D eigenvalue weighted by Crippen LogP contribution is 2.38. The Morgan fingerprint density at radius 2 is 1.82 bits per heavy atom. The molecule has 2 bridgehead atoms. The maximum atomic E-state index is 13.9. The number of hydrogen-bond donors (Lipinski definition) is 1. The first-order valence-corrected chi connectivity index (χ1v) is 16.3. The van der Waals surface area contributed by atoms with Crippen molar-refractivity contribution in [2.45, 2.75) is 37.0 Å². The lowest BCUT2D eigenvalue weighted by Crippen LogP contribution is -2.45. The molecule has 0 unspecified atom stereocenters. The Labute approximate surface area is 258 Å². The molecule has 2 N–H and O–H groups in total. The van der Waals surface area contributed by atoms with Crippen molar-refractivity contribution in [2.75, 3.05) is 46.5 Å². The predicted molar refractivity (Wildman–Crippen MR) is 163 cm³/mol. The topological polar surface area (TPSA) is 141 Å². The Morgan fingerprint density at radius 3 is 2.55 bits per heavy atom. The summed E-state index contributed by atoms with van der Waals surface area (Å²) in [7, 11) is -2.62. The van der Waals surface area contributed by atoms with Crippen LogP contribution in [0.15, 0.2) is 71.9 Å². The zero-order valence-corrected chi connectivity index (χ0v) is 25.6. The predicted octanol–water partition coefficient (Wildman–Crippen LogP) is 3.74. The van der Waals surface area contributed by atoms with Gasteiger partial charge in [0.1, 0.15) is 23.9 Å². The molecule has 0 aliphatic carbocycles. The number of aromatic nitrogens is 1. The highest BCUT2D eigenvalue weighted by atomic mass is 32.2. The van der Waals surface area contributed by atoms with Gasteiger partial charge in [-0.25, -0.2) is 13.6 Å². The Bertz CT molecular complexity index is 1570. The van der Waals surface area contributed by atoms with E-state index in [4.69, 9.17) is 19.3 Å². The summed E-state index contributed by atoms with van der Waals surface area (Å²) in [5, 5.41) is 5.35. The number of nitrogens with two attached hydrogens (primary N) is 1. The fourth-order valence-corrected chi connectivity index (χ4v) is 6.38. The fourth-order valence-electron chi connectivity index (χ4n) is 5.84. The average molecular weight is 623 g/mol. The first-order valence-electron chi connectivity index (χ1n) is 14.7. The van der Waals surface area contributed by atoms with Gasteiger partial charge < -0.3 is 24.0 Å². The molecule has 234 valence electrons. The minimum absolute atomic E-state index is 0.0882. The van der Waals surface area contributed by atoms with E-state index >= 15 is 0 Å². The molecule has 11 nitrogen and oxygen atoms in total. The number of sulfonamides is 1. The summed E-state index contributed by atoms with van der Waals surface area (Å²) in [4.78, 5) is 35.0. The number of benzene rings is 2. The summed E-state index contributed by atoms with van der Waals surface area (Å²) in [6.07, 6.45) is 7.34. The van der Waals surface area contributed by atoms with Crippen LogP contribution in [-0.2, 0) is 10.0 Å². The van der Waals surface area contributed by atoms with Crippen molar-refractivity contribution >= 4 is 21.8 Å². The summed E-state index contributed by atoms with van der Waals surface area (Å²) in [5.41, 5.74) is 0.423. The largest absolute Gasteiger partial charge is 0.496 e. The van der Waals surface area contributed by atoms with Gasteiger partial charge >= 0.3 is 0 Å². The van der Waals surface area contributed by atoms with Gasteiger partial charge in [-0.2, -0.15) is 0 Å². The quantitative estimate of drug-likeness (QED) is 0.438. The van der Waals surface area contributed by atoms with Crippen molar-refractivity contribution in [1.29, 1.82) is 0 Å². The number of ether oxygens (including phenoxy) is 3. The minimum Gasteiger partial charge on any atom is -0.496 e. The lowest BCUT2D eigenvalue weighted by molar-refractivity contribution is 0.0358. The molecule has 1 aromatic heterocycles. The van der Waals surface area contributed by atoms with Crippen LogP contribution in [0.5, 0.6) is 17.2 Å². The van der Waals surface area contributed by atoms with Crippen molar-refractivity contribution < 1.29 is 32.2 Å². The van der Waals surface area contributed by atoms with E-state index in [-0.39, 0.29) is 40.7 Å². The molecular weight excluding hydrogens is 584 g/mol. The van der Waals surface area contributed by atoms with Gasteiger partial charge in [-0.1, -0.05) is 18.6 Å². The van der Waals surface area contributed by atoms with Crippen molar-refractivity contribution in [1.82, 2.24) is 14.8 Å².